The van der Waals surface area contributed by atoms with E-state index in [2.05, 4.69) is 5.32 Å². The summed E-state index contributed by atoms with van der Waals surface area (Å²) in [7, 11) is 0. The van der Waals surface area contributed by atoms with Gasteiger partial charge in [-0.2, -0.15) is 0 Å². The van der Waals surface area contributed by atoms with Gasteiger partial charge in [0.2, 0.25) is 0 Å². The quantitative estimate of drug-likeness (QED) is 0.504. The van der Waals surface area contributed by atoms with E-state index in [0.29, 0.717) is 16.8 Å². The van der Waals surface area contributed by atoms with Crippen LogP contribution in [0.2, 0.25) is 0 Å². The van der Waals surface area contributed by atoms with E-state index in [1.165, 1.54) is 0 Å². The minimum absolute atomic E-state index is 0.00925. The lowest BCUT2D eigenvalue weighted by Crippen LogP contribution is -2.27. The second-order valence-electron chi connectivity index (χ2n) is 7.75. The maximum absolute atomic E-state index is 13.0. The van der Waals surface area contributed by atoms with E-state index < -0.39 is 0 Å². The number of aryl methyl sites for hydroxylation is 1. The van der Waals surface area contributed by atoms with Crippen molar-refractivity contribution in [3.63, 3.8) is 0 Å². The third-order valence-electron chi connectivity index (χ3n) is 5.80. The van der Waals surface area contributed by atoms with Crippen LogP contribution in [-0.4, -0.2) is 29.8 Å². The van der Waals surface area contributed by atoms with Crippen LogP contribution in [0.15, 0.2) is 65.1 Å². The van der Waals surface area contributed by atoms with Crippen molar-refractivity contribution in [3.8, 4) is 0 Å². The van der Waals surface area contributed by atoms with Gasteiger partial charge in [-0.1, -0.05) is 42.5 Å². The predicted molar refractivity (Wildman–Crippen MR) is 118 cm³/mol. The second-order valence-corrected chi connectivity index (χ2v) is 7.75. The van der Waals surface area contributed by atoms with E-state index in [1.807, 2.05) is 48.2 Å². The smallest absolute Gasteiger partial charge is 0.291 e. The van der Waals surface area contributed by atoms with E-state index in [0.717, 1.165) is 47.7 Å². The molecule has 3 aromatic carbocycles. The van der Waals surface area contributed by atoms with Crippen LogP contribution in [0, 0.1) is 6.92 Å². The minimum Gasteiger partial charge on any atom is -0.450 e. The Bertz CT molecular complexity index is 1280. The third-order valence-corrected chi connectivity index (χ3v) is 5.80. The minimum atomic E-state index is -0.321. The van der Waals surface area contributed by atoms with Gasteiger partial charge >= 0.3 is 0 Å². The summed E-state index contributed by atoms with van der Waals surface area (Å²) in [5, 5.41) is 5.87. The van der Waals surface area contributed by atoms with Gasteiger partial charge in [-0.15, -0.1) is 0 Å². The van der Waals surface area contributed by atoms with Crippen molar-refractivity contribution in [1.82, 2.24) is 4.90 Å². The Morgan fingerprint density at radius 3 is 2.57 bits per heavy atom. The van der Waals surface area contributed by atoms with Crippen molar-refractivity contribution >= 4 is 39.2 Å². The lowest BCUT2D eigenvalue weighted by atomic mass is 10.1. The van der Waals surface area contributed by atoms with Gasteiger partial charge in [-0.25, -0.2) is 0 Å². The van der Waals surface area contributed by atoms with Gasteiger partial charge in [-0.3, -0.25) is 9.59 Å². The van der Waals surface area contributed by atoms with Gasteiger partial charge < -0.3 is 14.6 Å². The molecule has 4 aromatic rings. The molecule has 0 atom stereocenters. The molecule has 1 fully saturated rings. The van der Waals surface area contributed by atoms with Crippen molar-refractivity contribution in [2.75, 3.05) is 18.4 Å². The Morgan fingerprint density at radius 1 is 0.933 bits per heavy atom. The van der Waals surface area contributed by atoms with Gasteiger partial charge in [0.05, 0.1) is 0 Å². The zero-order chi connectivity index (χ0) is 20.7. The number of furan rings is 1. The number of hydrogen-bond donors (Lipinski definition) is 1. The highest BCUT2D eigenvalue weighted by atomic mass is 16.3. The summed E-state index contributed by atoms with van der Waals surface area (Å²) in [4.78, 5) is 27.5. The number of benzene rings is 3. The predicted octanol–water partition coefficient (Wildman–Crippen LogP) is 5.38. The first kappa shape index (κ1) is 18.4. The Balaban J connectivity index is 1.45. The molecule has 5 nitrogen and oxygen atoms in total. The van der Waals surface area contributed by atoms with Crippen LogP contribution in [0.3, 0.4) is 0 Å². The molecule has 0 saturated carbocycles. The van der Waals surface area contributed by atoms with Crippen LogP contribution in [0.5, 0.6) is 0 Å². The van der Waals surface area contributed by atoms with Crippen molar-refractivity contribution in [1.29, 1.82) is 0 Å². The molecule has 1 aliphatic rings. The number of nitrogens with one attached hydrogen (secondary N) is 1. The number of carbonyl (C=O) groups is 2. The third kappa shape index (κ3) is 3.12. The summed E-state index contributed by atoms with van der Waals surface area (Å²) in [6, 6.07) is 19.1. The fraction of sp³-hybridized carbons (Fsp3) is 0.200. The molecule has 1 saturated heterocycles. The first-order chi connectivity index (χ1) is 14.6. The standard InChI is InChI=1S/C25H22N2O3/c1-16-20-12-11-17-7-2-3-10-21(17)23(20)30-22(16)24(28)26-19-9-6-8-18(15-19)25(29)27-13-4-5-14-27/h2-3,6-12,15H,4-5,13-14H2,1H3,(H,26,28). The van der Waals surface area contributed by atoms with E-state index in [4.69, 9.17) is 4.42 Å². The molecule has 2 heterocycles. The van der Waals surface area contributed by atoms with E-state index in [1.54, 1.807) is 24.3 Å². The monoisotopic (exact) mass is 398 g/mol. The van der Waals surface area contributed by atoms with Crippen LogP contribution in [-0.2, 0) is 0 Å². The highest BCUT2D eigenvalue weighted by molar-refractivity contribution is 6.11. The Hall–Kier alpha value is -3.60. The van der Waals surface area contributed by atoms with Crippen LogP contribution < -0.4 is 5.32 Å². The lowest BCUT2D eigenvalue weighted by molar-refractivity contribution is 0.0792. The maximum atomic E-state index is 13.0. The summed E-state index contributed by atoms with van der Waals surface area (Å²) >= 11 is 0. The van der Waals surface area contributed by atoms with Crippen LogP contribution in [0.4, 0.5) is 5.69 Å². The van der Waals surface area contributed by atoms with Gasteiger partial charge in [0, 0.05) is 40.7 Å². The molecule has 0 unspecified atom stereocenters. The van der Waals surface area contributed by atoms with Crippen molar-refractivity contribution in [3.05, 3.63) is 77.6 Å². The van der Waals surface area contributed by atoms with Crippen molar-refractivity contribution in [2.45, 2.75) is 19.8 Å². The van der Waals surface area contributed by atoms with Crippen LogP contribution in [0.1, 0.15) is 39.3 Å². The van der Waals surface area contributed by atoms with Gasteiger partial charge in [0.1, 0.15) is 5.58 Å². The fourth-order valence-corrected chi connectivity index (χ4v) is 4.19. The Labute approximate surface area is 174 Å². The van der Waals surface area contributed by atoms with Gasteiger partial charge in [0.25, 0.3) is 11.8 Å². The molecule has 5 rings (SSSR count). The van der Waals surface area contributed by atoms with Crippen molar-refractivity contribution < 1.29 is 14.0 Å². The zero-order valence-electron chi connectivity index (χ0n) is 16.8. The molecule has 150 valence electrons. The number of fused-ring (bicyclic) bond motifs is 3. The molecule has 0 spiro atoms. The topological polar surface area (TPSA) is 62.6 Å². The molecular weight excluding hydrogens is 376 g/mol. The summed E-state index contributed by atoms with van der Waals surface area (Å²) < 4.78 is 6.02. The van der Waals surface area contributed by atoms with E-state index in [-0.39, 0.29) is 17.6 Å². The first-order valence-electron chi connectivity index (χ1n) is 10.2. The number of hydrogen-bond acceptors (Lipinski definition) is 3. The molecule has 0 radical (unpaired) electrons. The summed E-state index contributed by atoms with van der Waals surface area (Å²) in [6.07, 6.45) is 2.09. The maximum Gasteiger partial charge on any atom is 0.291 e. The number of nitrogens with zero attached hydrogens (tertiary/aromatic N) is 1. The van der Waals surface area contributed by atoms with Gasteiger partial charge in [-0.05, 0) is 43.4 Å². The number of likely N-dealkylation sites (tertiary alicyclic amines) is 1. The summed E-state index contributed by atoms with van der Waals surface area (Å²) in [6.45, 7) is 3.48. The Morgan fingerprint density at radius 2 is 1.73 bits per heavy atom. The highest BCUT2D eigenvalue weighted by Gasteiger charge is 2.21. The van der Waals surface area contributed by atoms with Crippen LogP contribution in [0.25, 0.3) is 21.7 Å². The number of rotatable bonds is 3. The number of anilines is 1. The van der Waals surface area contributed by atoms with Crippen molar-refractivity contribution in [2.24, 2.45) is 0 Å². The highest BCUT2D eigenvalue weighted by Crippen LogP contribution is 2.32. The summed E-state index contributed by atoms with van der Waals surface area (Å²) in [5.41, 5.74) is 2.68. The second kappa shape index (κ2) is 7.34. The molecule has 1 aliphatic heterocycles. The van der Waals surface area contributed by atoms with E-state index >= 15 is 0 Å². The average Bonchev–Trinajstić information content (AvgIpc) is 3.42. The molecule has 5 heteroatoms. The number of amides is 2. The summed E-state index contributed by atoms with van der Waals surface area (Å²) in [5.74, 6) is -0.0221. The lowest BCUT2D eigenvalue weighted by Gasteiger charge is -2.15. The molecule has 2 amide bonds. The molecule has 30 heavy (non-hydrogen) atoms. The Kier molecular flexibility index (Phi) is 4.51. The molecular formula is C25H22N2O3. The fourth-order valence-electron chi connectivity index (χ4n) is 4.19. The average molecular weight is 398 g/mol. The molecule has 1 aromatic heterocycles. The molecule has 0 bridgehead atoms. The molecule has 0 aliphatic carbocycles. The van der Waals surface area contributed by atoms with E-state index in [9.17, 15) is 9.59 Å². The largest absolute Gasteiger partial charge is 0.450 e. The van der Waals surface area contributed by atoms with Gasteiger partial charge in [0.15, 0.2) is 5.76 Å². The van der Waals surface area contributed by atoms with Crippen LogP contribution >= 0.6 is 0 Å². The molecule has 1 N–H and O–H groups in total. The normalized spacial score (nSPS) is 13.8. The zero-order valence-corrected chi connectivity index (χ0v) is 16.8. The SMILES string of the molecule is Cc1c(C(=O)Nc2cccc(C(=O)N3CCCC3)c2)oc2c1ccc1ccccc12. The number of carbonyl (C=O) groups excluding carboxylic acids is 2. The first-order valence-corrected chi connectivity index (χ1v) is 10.2.